The molecule has 1 N–H and O–H groups in total. The van der Waals surface area contributed by atoms with E-state index in [1.807, 2.05) is 31.2 Å². The van der Waals surface area contributed by atoms with Gasteiger partial charge in [0.15, 0.2) is 5.09 Å². The summed E-state index contributed by atoms with van der Waals surface area (Å²) in [5.41, 5.74) is 2.32. The molecule has 1 amide bonds. The van der Waals surface area contributed by atoms with Crippen LogP contribution in [0.1, 0.15) is 27.2 Å². The second-order valence-electron chi connectivity index (χ2n) is 5.85. The predicted molar refractivity (Wildman–Crippen MR) is 101 cm³/mol. The standard InChI is InChI=1S/C20H15F3N2O2S/c1-13-5-8-17(9-6-13)28-18-10-7-16(27-18)12-24-25-19(26)14-3-2-4-15(11-14)20(21,22)23/h2-12H,1H3,(H,25,26)/b24-12+. The number of hydrazone groups is 1. The number of amides is 1. The van der Waals surface area contributed by atoms with E-state index in [1.165, 1.54) is 30.1 Å². The van der Waals surface area contributed by atoms with Gasteiger partial charge in [-0.3, -0.25) is 4.79 Å². The van der Waals surface area contributed by atoms with Gasteiger partial charge in [-0.25, -0.2) is 5.43 Å². The minimum absolute atomic E-state index is 0.137. The highest BCUT2D eigenvalue weighted by molar-refractivity contribution is 7.99. The van der Waals surface area contributed by atoms with Gasteiger partial charge in [-0.2, -0.15) is 18.3 Å². The van der Waals surface area contributed by atoms with Gasteiger partial charge in [-0.05, 0) is 49.4 Å². The van der Waals surface area contributed by atoms with E-state index in [2.05, 4.69) is 10.5 Å². The molecule has 28 heavy (non-hydrogen) atoms. The van der Waals surface area contributed by atoms with Gasteiger partial charge in [0.25, 0.3) is 5.91 Å². The van der Waals surface area contributed by atoms with Crippen molar-refractivity contribution >= 4 is 23.9 Å². The molecule has 0 spiro atoms. The number of rotatable bonds is 5. The van der Waals surface area contributed by atoms with Crippen molar-refractivity contribution in [2.24, 2.45) is 5.10 Å². The molecule has 0 radical (unpaired) electrons. The zero-order valence-corrected chi connectivity index (χ0v) is 15.5. The highest BCUT2D eigenvalue weighted by atomic mass is 32.2. The van der Waals surface area contributed by atoms with Crippen molar-refractivity contribution in [3.63, 3.8) is 0 Å². The fraction of sp³-hybridized carbons (Fsp3) is 0.100. The molecule has 0 aliphatic rings. The van der Waals surface area contributed by atoms with Crippen LogP contribution in [0.4, 0.5) is 13.2 Å². The highest BCUT2D eigenvalue weighted by Gasteiger charge is 2.30. The summed E-state index contributed by atoms with van der Waals surface area (Å²) >= 11 is 1.44. The Morgan fingerprint density at radius 1 is 1.11 bits per heavy atom. The molecule has 144 valence electrons. The number of aryl methyl sites for hydroxylation is 1. The number of benzene rings is 2. The first-order chi connectivity index (χ1) is 13.3. The van der Waals surface area contributed by atoms with Crippen LogP contribution in [0.25, 0.3) is 0 Å². The molecule has 0 saturated carbocycles. The van der Waals surface area contributed by atoms with Gasteiger partial charge < -0.3 is 4.42 Å². The summed E-state index contributed by atoms with van der Waals surface area (Å²) in [7, 11) is 0. The quantitative estimate of drug-likeness (QED) is 0.450. The van der Waals surface area contributed by atoms with Crippen molar-refractivity contribution in [1.82, 2.24) is 5.43 Å². The van der Waals surface area contributed by atoms with Crippen LogP contribution in [0.5, 0.6) is 0 Å². The van der Waals surface area contributed by atoms with E-state index in [1.54, 1.807) is 12.1 Å². The molecule has 0 unspecified atom stereocenters. The maximum Gasteiger partial charge on any atom is 0.416 e. The second kappa shape index (κ2) is 8.35. The van der Waals surface area contributed by atoms with Crippen LogP contribution in [0, 0.1) is 6.92 Å². The zero-order valence-electron chi connectivity index (χ0n) is 14.7. The Labute approximate surface area is 163 Å². The van der Waals surface area contributed by atoms with E-state index >= 15 is 0 Å². The lowest BCUT2D eigenvalue weighted by molar-refractivity contribution is -0.137. The van der Waals surface area contributed by atoms with Gasteiger partial charge >= 0.3 is 6.18 Å². The SMILES string of the molecule is Cc1ccc(Sc2ccc(/C=N/NC(=O)c3cccc(C(F)(F)F)c3)o2)cc1. The van der Waals surface area contributed by atoms with E-state index in [-0.39, 0.29) is 5.56 Å². The Hall–Kier alpha value is -3.00. The van der Waals surface area contributed by atoms with Crippen molar-refractivity contribution in [2.45, 2.75) is 23.1 Å². The molecule has 8 heteroatoms. The largest absolute Gasteiger partial charge is 0.448 e. The third kappa shape index (κ3) is 5.26. The number of nitrogens with zero attached hydrogens (tertiary/aromatic N) is 1. The van der Waals surface area contributed by atoms with Gasteiger partial charge in [0, 0.05) is 10.5 Å². The van der Waals surface area contributed by atoms with E-state index in [0.29, 0.717) is 10.9 Å². The normalized spacial score (nSPS) is 11.7. The van der Waals surface area contributed by atoms with Crippen LogP contribution in [0.2, 0.25) is 0 Å². The van der Waals surface area contributed by atoms with Gasteiger partial charge in [0.1, 0.15) is 5.76 Å². The van der Waals surface area contributed by atoms with Crippen LogP contribution < -0.4 is 5.43 Å². The molecule has 1 aromatic heterocycles. The molecular formula is C20H15F3N2O2S. The van der Waals surface area contributed by atoms with Crippen LogP contribution in [0.15, 0.2) is 80.2 Å². The summed E-state index contributed by atoms with van der Waals surface area (Å²) in [6.07, 6.45) is -3.23. The Morgan fingerprint density at radius 3 is 2.57 bits per heavy atom. The number of nitrogens with one attached hydrogen (secondary N) is 1. The molecule has 3 rings (SSSR count). The van der Waals surface area contributed by atoms with Crippen molar-refractivity contribution in [1.29, 1.82) is 0 Å². The van der Waals surface area contributed by atoms with E-state index < -0.39 is 17.6 Å². The lowest BCUT2D eigenvalue weighted by Gasteiger charge is -2.07. The number of halogens is 3. The molecule has 4 nitrogen and oxygen atoms in total. The maximum atomic E-state index is 12.7. The van der Waals surface area contributed by atoms with Crippen LogP contribution in [-0.2, 0) is 6.18 Å². The minimum Gasteiger partial charge on any atom is -0.448 e. The van der Waals surface area contributed by atoms with Crippen molar-refractivity contribution < 1.29 is 22.4 Å². The van der Waals surface area contributed by atoms with Gasteiger partial charge in [0.05, 0.1) is 11.8 Å². The smallest absolute Gasteiger partial charge is 0.416 e. The minimum atomic E-state index is -4.51. The van der Waals surface area contributed by atoms with Gasteiger partial charge in [-0.1, -0.05) is 35.5 Å². The van der Waals surface area contributed by atoms with Crippen molar-refractivity contribution in [3.05, 3.63) is 83.1 Å². The first kappa shape index (κ1) is 19.8. The zero-order chi connectivity index (χ0) is 20.1. The molecule has 0 aliphatic heterocycles. The molecule has 0 bridgehead atoms. The number of hydrogen-bond donors (Lipinski definition) is 1. The van der Waals surface area contributed by atoms with Gasteiger partial charge in [-0.15, -0.1) is 0 Å². The van der Waals surface area contributed by atoms with E-state index in [4.69, 9.17) is 4.42 Å². The lowest BCUT2D eigenvalue weighted by Crippen LogP contribution is -2.18. The number of furan rings is 1. The molecule has 0 atom stereocenters. The summed E-state index contributed by atoms with van der Waals surface area (Å²) in [5, 5.41) is 4.38. The average Bonchev–Trinajstić information content (AvgIpc) is 3.10. The molecule has 0 aliphatic carbocycles. The summed E-state index contributed by atoms with van der Waals surface area (Å²) in [6, 6.07) is 15.5. The molecule has 2 aromatic carbocycles. The number of carbonyl (C=O) groups is 1. The van der Waals surface area contributed by atoms with Crippen molar-refractivity contribution in [3.8, 4) is 0 Å². The summed E-state index contributed by atoms with van der Waals surface area (Å²) < 4.78 is 43.7. The lowest BCUT2D eigenvalue weighted by atomic mass is 10.1. The first-order valence-corrected chi connectivity index (χ1v) is 8.98. The summed E-state index contributed by atoms with van der Waals surface area (Å²) in [6.45, 7) is 2.00. The number of hydrogen-bond acceptors (Lipinski definition) is 4. The van der Waals surface area contributed by atoms with Crippen LogP contribution in [-0.4, -0.2) is 12.1 Å². The summed E-state index contributed by atoms with van der Waals surface area (Å²) in [5.74, 6) is -0.345. The average molecular weight is 404 g/mol. The third-order valence-electron chi connectivity index (χ3n) is 3.65. The Kier molecular flexibility index (Phi) is 5.89. The van der Waals surface area contributed by atoms with Gasteiger partial charge in [0.2, 0.25) is 0 Å². The Balaban J connectivity index is 1.60. The van der Waals surface area contributed by atoms with E-state index in [9.17, 15) is 18.0 Å². The topological polar surface area (TPSA) is 54.6 Å². The molecule has 3 aromatic rings. The predicted octanol–water partition coefficient (Wildman–Crippen LogP) is 5.52. The molecule has 0 saturated heterocycles. The maximum absolute atomic E-state index is 12.7. The highest BCUT2D eigenvalue weighted by Crippen LogP contribution is 2.30. The third-order valence-corrected chi connectivity index (χ3v) is 4.58. The van der Waals surface area contributed by atoms with E-state index in [0.717, 1.165) is 22.6 Å². The Bertz CT molecular complexity index is 995. The van der Waals surface area contributed by atoms with Crippen molar-refractivity contribution in [2.75, 3.05) is 0 Å². The fourth-order valence-corrected chi connectivity index (χ4v) is 3.02. The second-order valence-corrected chi connectivity index (χ2v) is 6.93. The fourth-order valence-electron chi connectivity index (χ4n) is 2.24. The Morgan fingerprint density at radius 2 is 1.86 bits per heavy atom. The van der Waals surface area contributed by atoms with Crippen LogP contribution >= 0.6 is 11.8 Å². The molecular weight excluding hydrogens is 389 g/mol. The summed E-state index contributed by atoms with van der Waals surface area (Å²) in [4.78, 5) is 13.0. The van der Waals surface area contributed by atoms with Crippen LogP contribution in [0.3, 0.4) is 0 Å². The molecule has 0 fully saturated rings. The number of carbonyl (C=O) groups excluding carboxylic acids is 1. The first-order valence-electron chi connectivity index (χ1n) is 8.16. The molecule has 1 heterocycles. The monoisotopic (exact) mass is 404 g/mol. The number of alkyl halides is 3.